The molecule has 0 spiro atoms. The van der Waals surface area contributed by atoms with Crippen LogP contribution in [0.3, 0.4) is 0 Å². The predicted molar refractivity (Wildman–Crippen MR) is 177 cm³/mol. The summed E-state index contributed by atoms with van der Waals surface area (Å²) in [4.78, 5) is 7.66. The Balaban J connectivity index is 0. The summed E-state index contributed by atoms with van der Waals surface area (Å²) in [6.45, 7) is 11.8. The SMILES string of the molecule is CCOCC.CCOCC.Nc1cc(Cl)cc(N)n1.Nc1cc(Cl)cc(N2CCCS2(=O)=O)n1.O=S(=O)(Cl)CCCCl. The van der Waals surface area contributed by atoms with E-state index in [2.05, 4.69) is 9.97 Å². The summed E-state index contributed by atoms with van der Waals surface area (Å²) < 4.78 is 54.3. The molecule has 0 amide bonds. The van der Waals surface area contributed by atoms with Crippen molar-refractivity contribution in [3.8, 4) is 0 Å². The quantitative estimate of drug-likeness (QED) is 0.245. The van der Waals surface area contributed by atoms with E-state index in [4.69, 9.17) is 72.2 Å². The minimum absolute atomic E-state index is 0.0297. The number of nitrogens with zero attached hydrogens (tertiary/aromatic N) is 3. The Morgan fingerprint density at radius 3 is 1.55 bits per heavy atom. The van der Waals surface area contributed by atoms with Crippen molar-refractivity contribution < 1.29 is 26.3 Å². The van der Waals surface area contributed by atoms with Crippen LogP contribution in [-0.4, -0.2) is 77.2 Å². The summed E-state index contributed by atoms with van der Waals surface area (Å²) in [5.74, 6) is 1.68. The Hall–Kier alpha value is -1.52. The van der Waals surface area contributed by atoms with E-state index >= 15 is 0 Å². The van der Waals surface area contributed by atoms with Crippen molar-refractivity contribution in [1.29, 1.82) is 0 Å². The van der Waals surface area contributed by atoms with Crippen molar-refractivity contribution in [3.05, 3.63) is 34.3 Å². The number of rotatable bonds is 8. The first-order valence-corrected chi connectivity index (χ1v) is 18.2. The van der Waals surface area contributed by atoms with Crippen LogP contribution in [-0.2, 0) is 28.5 Å². The Labute approximate surface area is 269 Å². The second kappa shape index (κ2) is 23.9. The Bertz CT molecular complexity index is 1150. The predicted octanol–water partition coefficient (Wildman–Crippen LogP) is 5.03. The Morgan fingerprint density at radius 1 is 0.857 bits per heavy atom. The standard InChI is InChI=1S/C8H10ClN3O2S.C5H6ClN3.2C4H10O.C3H6Cl2O2S/c9-6-4-7(10)11-8(5-6)12-2-1-3-15(12,13)14;6-3-1-4(7)9-5(8)2-3;2*1-3-5-4-2;4-2-1-3-8(5,6)7/h4-5H,1-3H2,(H2,10,11);1-2H,(H4,7,8,9);2*3-4H2,1-2H3;1-3H2. The number of halogens is 4. The van der Waals surface area contributed by atoms with E-state index < -0.39 is 19.1 Å². The van der Waals surface area contributed by atoms with Gasteiger partial charge in [0.25, 0.3) is 0 Å². The minimum Gasteiger partial charge on any atom is -0.384 e. The molecule has 2 aromatic rings. The molecule has 1 aliphatic heterocycles. The van der Waals surface area contributed by atoms with Crippen LogP contribution in [0.2, 0.25) is 10.0 Å². The molecule has 1 saturated heterocycles. The van der Waals surface area contributed by atoms with Gasteiger partial charge in [-0.25, -0.2) is 26.8 Å². The lowest BCUT2D eigenvalue weighted by atomic mass is 10.4. The van der Waals surface area contributed by atoms with Crippen molar-refractivity contribution in [3.63, 3.8) is 0 Å². The van der Waals surface area contributed by atoms with Crippen LogP contribution >= 0.6 is 45.5 Å². The van der Waals surface area contributed by atoms with Crippen LogP contribution in [0.5, 0.6) is 0 Å². The van der Waals surface area contributed by atoms with E-state index in [0.717, 1.165) is 26.4 Å². The van der Waals surface area contributed by atoms with Gasteiger partial charge in [-0.15, -0.1) is 11.6 Å². The van der Waals surface area contributed by atoms with E-state index in [1.54, 1.807) is 0 Å². The minimum atomic E-state index is -3.30. The molecule has 0 atom stereocenters. The monoisotopic (exact) mass is 714 g/mol. The summed E-state index contributed by atoms with van der Waals surface area (Å²) >= 11 is 16.5. The number of aromatic nitrogens is 2. The molecule has 1 fully saturated rings. The van der Waals surface area contributed by atoms with Crippen molar-refractivity contribution in [2.24, 2.45) is 0 Å². The third-order valence-corrected chi connectivity index (χ3v) is 8.11. The Kier molecular flexibility index (Phi) is 24.2. The molecule has 0 aliphatic carbocycles. The third kappa shape index (κ3) is 23.0. The zero-order valence-electron chi connectivity index (χ0n) is 24.2. The summed E-state index contributed by atoms with van der Waals surface area (Å²) in [7, 11) is -1.69. The molecule has 42 heavy (non-hydrogen) atoms. The summed E-state index contributed by atoms with van der Waals surface area (Å²) in [6.07, 6.45) is 1.03. The van der Waals surface area contributed by atoms with Crippen LogP contribution < -0.4 is 21.5 Å². The molecule has 0 bridgehead atoms. The number of pyridine rings is 2. The fraction of sp³-hybridized carbons (Fsp3) is 0.583. The number of hydrogen-bond donors (Lipinski definition) is 3. The number of anilines is 4. The van der Waals surface area contributed by atoms with Gasteiger partial charge in [-0.05, 0) is 58.7 Å². The van der Waals surface area contributed by atoms with E-state index in [-0.39, 0.29) is 17.3 Å². The average Bonchev–Trinajstić information content (AvgIpc) is 3.22. The lowest BCUT2D eigenvalue weighted by molar-refractivity contribution is 0.162. The molecule has 3 heterocycles. The molecule has 12 nitrogen and oxygen atoms in total. The van der Waals surface area contributed by atoms with Gasteiger partial charge in [-0.3, -0.25) is 4.31 Å². The van der Waals surface area contributed by atoms with Crippen molar-refractivity contribution in [2.75, 3.05) is 71.9 Å². The number of nitrogens with two attached hydrogens (primary N) is 3. The van der Waals surface area contributed by atoms with Gasteiger partial charge in [0.1, 0.15) is 23.3 Å². The number of ether oxygens (including phenoxy) is 2. The largest absolute Gasteiger partial charge is 0.384 e. The molecular weight excluding hydrogens is 674 g/mol. The van der Waals surface area contributed by atoms with Crippen LogP contribution in [0, 0.1) is 0 Å². The molecule has 244 valence electrons. The normalized spacial score (nSPS) is 13.2. The molecule has 0 unspecified atom stereocenters. The van der Waals surface area contributed by atoms with E-state index in [1.165, 1.54) is 28.6 Å². The number of nitrogen functional groups attached to an aromatic ring is 3. The van der Waals surface area contributed by atoms with Gasteiger partial charge in [0.05, 0.1) is 11.5 Å². The van der Waals surface area contributed by atoms with Crippen LogP contribution in [0.15, 0.2) is 24.3 Å². The first-order chi connectivity index (χ1) is 19.6. The highest BCUT2D eigenvalue weighted by molar-refractivity contribution is 8.13. The van der Waals surface area contributed by atoms with Gasteiger partial charge in [-0.1, -0.05) is 23.2 Å². The molecule has 18 heteroatoms. The van der Waals surface area contributed by atoms with E-state index in [0.29, 0.717) is 52.8 Å². The fourth-order valence-electron chi connectivity index (χ4n) is 2.70. The van der Waals surface area contributed by atoms with Gasteiger partial charge in [-0.2, -0.15) is 0 Å². The first-order valence-electron chi connectivity index (χ1n) is 12.8. The smallest absolute Gasteiger partial charge is 0.236 e. The average molecular weight is 717 g/mol. The molecule has 3 rings (SSSR count). The topological polar surface area (TPSA) is 194 Å². The van der Waals surface area contributed by atoms with Crippen molar-refractivity contribution >= 4 is 87.8 Å². The number of alkyl halides is 1. The van der Waals surface area contributed by atoms with Gasteiger partial charge in [0.2, 0.25) is 19.1 Å². The molecule has 0 aromatic carbocycles. The Morgan fingerprint density at radius 2 is 1.29 bits per heavy atom. The van der Waals surface area contributed by atoms with Crippen molar-refractivity contribution in [2.45, 2.75) is 40.5 Å². The lowest BCUT2D eigenvalue weighted by Crippen LogP contribution is -2.26. The van der Waals surface area contributed by atoms with Crippen LogP contribution in [0.4, 0.5) is 23.3 Å². The number of hydrogen-bond acceptors (Lipinski definition) is 11. The third-order valence-electron chi connectivity index (χ3n) is 4.32. The van der Waals surface area contributed by atoms with Gasteiger partial charge in [0, 0.05) is 65.6 Å². The highest BCUT2D eigenvalue weighted by Crippen LogP contribution is 2.25. The van der Waals surface area contributed by atoms with Gasteiger partial charge in [0.15, 0.2) is 0 Å². The summed E-state index contributed by atoms with van der Waals surface area (Å²) in [6, 6.07) is 6.06. The maximum absolute atomic E-state index is 11.6. The zero-order valence-corrected chi connectivity index (χ0v) is 28.9. The fourth-order valence-corrected chi connectivity index (χ4v) is 5.74. The van der Waals surface area contributed by atoms with Crippen molar-refractivity contribution in [1.82, 2.24) is 9.97 Å². The summed E-state index contributed by atoms with van der Waals surface area (Å²) in [5.41, 5.74) is 16.1. The maximum atomic E-state index is 11.6. The molecule has 6 N–H and O–H groups in total. The van der Waals surface area contributed by atoms with Gasteiger partial charge >= 0.3 is 0 Å². The van der Waals surface area contributed by atoms with Crippen LogP contribution in [0.25, 0.3) is 0 Å². The van der Waals surface area contributed by atoms with E-state index in [9.17, 15) is 16.8 Å². The van der Waals surface area contributed by atoms with Gasteiger partial charge < -0.3 is 26.7 Å². The number of sulfonamides is 1. The second-order valence-electron chi connectivity index (χ2n) is 7.79. The molecule has 0 radical (unpaired) electrons. The highest BCUT2D eigenvalue weighted by atomic mass is 35.7. The van der Waals surface area contributed by atoms with Crippen LogP contribution in [0.1, 0.15) is 40.5 Å². The zero-order chi connectivity index (χ0) is 32.8. The molecule has 1 aliphatic rings. The lowest BCUT2D eigenvalue weighted by Gasteiger charge is -2.15. The highest BCUT2D eigenvalue weighted by Gasteiger charge is 2.29. The first kappa shape index (κ1) is 42.6. The molecule has 2 aromatic heterocycles. The second-order valence-corrected chi connectivity index (χ2v) is 14.0. The summed E-state index contributed by atoms with van der Waals surface area (Å²) in [5, 5.41) is 0.902. The molecule has 0 saturated carbocycles. The van der Waals surface area contributed by atoms with E-state index in [1.807, 2.05) is 27.7 Å². The molecular formula is C24H42Cl4N6O6S2. The maximum Gasteiger partial charge on any atom is 0.236 e.